The first-order chi connectivity index (χ1) is 6.67. The number of terminal acetylenes is 1. The van der Waals surface area contributed by atoms with Gasteiger partial charge in [-0.2, -0.15) is 0 Å². The van der Waals surface area contributed by atoms with E-state index in [9.17, 15) is 0 Å². The molecule has 76 valence electrons. The van der Waals surface area contributed by atoms with E-state index in [1.807, 2.05) is 7.05 Å². The van der Waals surface area contributed by atoms with E-state index in [1.165, 1.54) is 15.3 Å². The topological polar surface area (TPSA) is 29.3 Å². The molecule has 0 aliphatic heterocycles. The summed E-state index contributed by atoms with van der Waals surface area (Å²) < 4.78 is 0. The van der Waals surface area contributed by atoms with Gasteiger partial charge in [0.1, 0.15) is 0 Å². The molecule has 0 bridgehead atoms. The smallest absolute Gasteiger partial charge is 0.0599 e. The fraction of sp³-hybridized carbons (Fsp3) is 0.455. The van der Waals surface area contributed by atoms with Crippen molar-refractivity contribution in [3.05, 3.63) is 21.4 Å². The van der Waals surface area contributed by atoms with Gasteiger partial charge < -0.3 is 5.73 Å². The molecule has 0 saturated carbocycles. The van der Waals surface area contributed by atoms with Crippen molar-refractivity contribution in [3.8, 4) is 12.3 Å². The van der Waals surface area contributed by atoms with Crippen LogP contribution in [0.5, 0.6) is 0 Å². The minimum Gasteiger partial charge on any atom is -0.326 e. The van der Waals surface area contributed by atoms with Crippen LogP contribution in [0.4, 0.5) is 0 Å². The molecule has 0 aliphatic carbocycles. The lowest BCUT2D eigenvalue weighted by Gasteiger charge is -2.12. The second-order valence-corrected chi connectivity index (χ2v) is 4.72. The van der Waals surface area contributed by atoms with Gasteiger partial charge in [0.2, 0.25) is 0 Å². The number of aryl methyl sites for hydroxylation is 1. The average Bonchev–Trinajstić information content (AvgIpc) is 2.48. The van der Waals surface area contributed by atoms with Crippen LogP contribution in [0, 0.1) is 19.3 Å². The SMILES string of the molecule is C#CCN(C)Cc1cc(CN)sc1C. The maximum atomic E-state index is 5.59. The third-order valence-electron chi connectivity index (χ3n) is 2.07. The lowest BCUT2D eigenvalue weighted by molar-refractivity contribution is 0.369. The first kappa shape index (κ1) is 11.3. The average molecular weight is 208 g/mol. The summed E-state index contributed by atoms with van der Waals surface area (Å²) in [5, 5.41) is 0. The van der Waals surface area contributed by atoms with Crippen molar-refractivity contribution in [1.82, 2.24) is 4.90 Å². The van der Waals surface area contributed by atoms with E-state index in [4.69, 9.17) is 12.2 Å². The van der Waals surface area contributed by atoms with Crippen molar-refractivity contribution < 1.29 is 0 Å². The molecule has 1 aromatic rings. The van der Waals surface area contributed by atoms with E-state index in [0.717, 1.165) is 6.54 Å². The summed E-state index contributed by atoms with van der Waals surface area (Å²) in [5.41, 5.74) is 6.93. The molecule has 2 nitrogen and oxygen atoms in total. The molecule has 3 heteroatoms. The highest BCUT2D eigenvalue weighted by atomic mass is 32.1. The maximum Gasteiger partial charge on any atom is 0.0599 e. The molecule has 1 rings (SSSR count). The second-order valence-electron chi connectivity index (χ2n) is 3.37. The van der Waals surface area contributed by atoms with Gasteiger partial charge in [0.05, 0.1) is 6.54 Å². The predicted octanol–water partition coefficient (Wildman–Crippen LogP) is 1.58. The number of rotatable bonds is 4. The summed E-state index contributed by atoms with van der Waals surface area (Å²) >= 11 is 1.77. The zero-order chi connectivity index (χ0) is 10.6. The molecule has 0 saturated heterocycles. The Bertz CT molecular complexity index is 336. The van der Waals surface area contributed by atoms with Crippen molar-refractivity contribution in [2.75, 3.05) is 13.6 Å². The number of hydrogen-bond acceptors (Lipinski definition) is 3. The second kappa shape index (κ2) is 5.16. The highest BCUT2D eigenvalue weighted by Gasteiger charge is 2.06. The molecule has 1 heterocycles. The Balaban J connectivity index is 2.67. The monoisotopic (exact) mass is 208 g/mol. The van der Waals surface area contributed by atoms with E-state index >= 15 is 0 Å². The lowest BCUT2D eigenvalue weighted by Crippen LogP contribution is -2.17. The van der Waals surface area contributed by atoms with Crippen molar-refractivity contribution in [2.24, 2.45) is 5.73 Å². The summed E-state index contributed by atoms with van der Waals surface area (Å²) in [6, 6.07) is 2.17. The Morgan fingerprint density at radius 3 is 2.86 bits per heavy atom. The van der Waals surface area contributed by atoms with Crippen LogP contribution in [0.2, 0.25) is 0 Å². The standard InChI is InChI=1S/C11H16N2S/c1-4-5-13(3)8-10-6-11(7-12)14-9(10)2/h1,6H,5,7-8,12H2,2-3H3. The highest BCUT2D eigenvalue weighted by molar-refractivity contribution is 7.12. The molecule has 0 aromatic carbocycles. The summed E-state index contributed by atoms with van der Waals surface area (Å²) in [7, 11) is 2.03. The highest BCUT2D eigenvalue weighted by Crippen LogP contribution is 2.21. The first-order valence-electron chi connectivity index (χ1n) is 4.57. The van der Waals surface area contributed by atoms with Gasteiger partial charge in [0.15, 0.2) is 0 Å². The molecule has 14 heavy (non-hydrogen) atoms. The van der Waals surface area contributed by atoms with Crippen LogP contribution in [0.3, 0.4) is 0 Å². The zero-order valence-corrected chi connectivity index (χ0v) is 9.53. The van der Waals surface area contributed by atoms with Crippen LogP contribution in [0.25, 0.3) is 0 Å². The van der Waals surface area contributed by atoms with Crippen molar-refractivity contribution in [1.29, 1.82) is 0 Å². The summed E-state index contributed by atoms with van der Waals surface area (Å²) in [5.74, 6) is 2.63. The molecule has 0 fully saturated rings. The molecule has 0 unspecified atom stereocenters. The van der Waals surface area contributed by atoms with Crippen molar-refractivity contribution >= 4 is 11.3 Å². The van der Waals surface area contributed by atoms with E-state index in [-0.39, 0.29) is 0 Å². The van der Waals surface area contributed by atoms with E-state index in [1.54, 1.807) is 11.3 Å². The van der Waals surface area contributed by atoms with Gasteiger partial charge in [-0.1, -0.05) is 5.92 Å². The van der Waals surface area contributed by atoms with Crippen LogP contribution in [0.1, 0.15) is 15.3 Å². The van der Waals surface area contributed by atoms with Crippen LogP contribution < -0.4 is 5.73 Å². The molecule has 2 N–H and O–H groups in total. The van der Waals surface area contributed by atoms with E-state index in [2.05, 4.69) is 23.8 Å². The van der Waals surface area contributed by atoms with Crippen LogP contribution in [-0.4, -0.2) is 18.5 Å². The van der Waals surface area contributed by atoms with E-state index in [0.29, 0.717) is 13.1 Å². The third kappa shape index (κ3) is 2.85. The molecular formula is C11H16N2S. The fourth-order valence-corrected chi connectivity index (χ4v) is 2.28. The Morgan fingerprint density at radius 1 is 1.64 bits per heavy atom. The van der Waals surface area contributed by atoms with Crippen molar-refractivity contribution in [3.63, 3.8) is 0 Å². The van der Waals surface area contributed by atoms with Crippen LogP contribution in [-0.2, 0) is 13.1 Å². The molecule has 0 radical (unpaired) electrons. The number of nitrogens with two attached hydrogens (primary N) is 1. The minimum atomic E-state index is 0.629. The lowest BCUT2D eigenvalue weighted by atomic mass is 10.2. The maximum absolute atomic E-state index is 5.59. The van der Waals surface area contributed by atoms with Crippen LogP contribution >= 0.6 is 11.3 Å². The molecule has 0 aliphatic rings. The Morgan fingerprint density at radius 2 is 2.36 bits per heavy atom. The molecule has 1 aromatic heterocycles. The third-order valence-corrected chi connectivity index (χ3v) is 3.19. The van der Waals surface area contributed by atoms with Gasteiger partial charge >= 0.3 is 0 Å². The number of hydrogen-bond donors (Lipinski definition) is 1. The zero-order valence-electron chi connectivity index (χ0n) is 8.71. The van der Waals surface area contributed by atoms with Gasteiger partial charge in [-0.3, -0.25) is 4.90 Å². The quantitative estimate of drug-likeness (QED) is 0.761. The summed E-state index contributed by atoms with van der Waals surface area (Å²) in [4.78, 5) is 4.70. The molecule has 0 amide bonds. The number of nitrogens with zero attached hydrogens (tertiary/aromatic N) is 1. The fourth-order valence-electron chi connectivity index (χ4n) is 1.35. The van der Waals surface area contributed by atoms with Gasteiger partial charge in [0, 0.05) is 22.8 Å². The first-order valence-corrected chi connectivity index (χ1v) is 5.39. The Hall–Kier alpha value is -0.820. The molecule has 0 atom stereocenters. The predicted molar refractivity (Wildman–Crippen MR) is 62.1 cm³/mol. The van der Waals surface area contributed by atoms with Gasteiger partial charge in [-0.05, 0) is 25.6 Å². The Kier molecular flexibility index (Phi) is 4.15. The number of thiophene rings is 1. The van der Waals surface area contributed by atoms with Gasteiger partial charge in [0.25, 0.3) is 0 Å². The molecular weight excluding hydrogens is 192 g/mol. The van der Waals surface area contributed by atoms with Crippen molar-refractivity contribution in [2.45, 2.75) is 20.0 Å². The molecule has 0 spiro atoms. The normalized spacial score (nSPS) is 10.5. The van der Waals surface area contributed by atoms with Gasteiger partial charge in [-0.15, -0.1) is 17.8 Å². The van der Waals surface area contributed by atoms with E-state index < -0.39 is 0 Å². The van der Waals surface area contributed by atoms with Gasteiger partial charge in [-0.25, -0.2) is 0 Å². The minimum absolute atomic E-state index is 0.629. The largest absolute Gasteiger partial charge is 0.326 e. The Labute approximate surface area is 89.7 Å². The summed E-state index contributed by atoms with van der Waals surface area (Å²) in [6.07, 6.45) is 5.24. The summed E-state index contributed by atoms with van der Waals surface area (Å²) in [6.45, 7) is 4.35. The van der Waals surface area contributed by atoms with Crippen LogP contribution in [0.15, 0.2) is 6.07 Å².